The van der Waals surface area contributed by atoms with E-state index in [1.54, 1.807) is 6.20 Å². The fraction of sp³-hybridized carbons (Fsp3) is 0.429. The molecule has 2 aromatic heterocycles. The van der Waals surface area contributed by atoms with Crippen molar-refractivity contribution in [2.75, 3.05) is 6.54 Å². The van der Waals surface area contributed by atoms with E-state index in [0.29, 0.717) is 6.61 Å². The number of aromatic nitrogens is 2. The second-order valence-electron chi connectivity index (χ2n) is 4.34. The zero-order chi connectivity index (χ0) is 13.5. The first kappa shape index (κ1) is 13.5. The maximum absolute atomic E-state index is 5.65. The van der Waals surface area contributed by atoms with Gasteiger partial charge in [0.2, 0.25) is 0 Å². The summed E-state index contributed by atoms with van der Waals surface area (Å²) in [6, 6.07) is 5.65. The fourth-order valence-electron chi connectivity index (χ4n) is 1.67. The van der Waals surface area contributed by atoms with Crippen LogP contribution in [0.1, 0.15) is 30.5 Å². The van der Waals surface area contributed by atoms with Crippen LogP contribution in [0.15, 0.2) is 28.9 Å². The molecule has 2 heterocycles. The minimum Gasteiger partial charge on any atom is -0.484 e. The van der Waals surface area contributed by atoms with Crippen LogP contribution in [0.4, 0.5) is 0 Å². The lowest BCUT2D eigenvalue weighted by atomic mass is 10.3. The third kappa shape index (κ3) is 4.06. The van der Waals surface area contributed by atoms with E-state index in [0.717, 1.165) is 42.4 Å². The second-order valence-corrected chi connectivity index (χ2v) is 4.34. The molecule has 0 bridgehead atoms. The van der Waals surface area contributed by atoms with E-state index in [-0.39, 0.29) is 0 Å². The molecule has 2 rings (SSSR count). The molecule has 0 amide bonds. The van der Waals surface area contributed by atoms with Crippen LogP contribution >= 0.6 is 0 Å². The fourth-order valence-corrected chi connectivity index (χ4v) is 1.67. The predicted molar refractivity (Wildman–Crippen MR) is 71.8 cm³/mol. The highest BCUT2D eigenvalue weighted by atomic mass is 16.5. The SMILES string of the molecule is CCCNCc1cc(COc2cccnc2C)on1. The quantitative estimate of drug-likeness (QED) is 0.776. The van der Waals surface area contributed by atoms with Gasteiger partial charge in [-0.1, -0.05) is 12.1 Å². The van der Waals surface area contributed by atoms with E-state index in [1.807, 2.05) is 25.1 Å². The van der Waals surface area contributed by atoms with Crippen molar-refractivity contribution in [3.8, 4) is 5.75 Å². The number of hydrogen-bond acceptors (Lipinski definition) is 5. The van der Waals surface area contributed by atoms with E-state index >= 15 is 0 Å². The minimum atomic E-state index is 0.368. The highest BCUT2D eigenvalue weighted by Crippen LogP contribution is 2.16. The molecule has 102 valence electrons. The van der Waals surface area contributed by atoms with Crippen LogP contribution in [0.25, 0.3) is 0 Å². The van der Waals surface area contributed by atoms with E-state index in [2.05, 4.69) is 22.4 Å². The van der Waals surface area contributed by atoms with Gasteiger partial charge >= 0.3 is 0 Å². The lowest BCUT2D eigenvalue weighted by molar-refractivity contribution is 0.246. The predicted octanol–water partition coefficient (Wildman–Crippen LogP) is 2.46. The monoisotopic (exact) mass is 261 g/mol. The van der Waals surface area contributed by atoms with Gasteiger partial charge in [0.15, 0.2) is 5.76 Å². The van der Waals surface area contributed by atoms with Crippen molar-refractivity contribution < 1.29 is 9.26 Å². The van der Waals surface area contributed by atoms with Gasteiger partial charge in [0, 0.05) is 18.8 Å². The third-order valence-corrected chi connectivity index (χ3v) is 2.67. The first-order valence-corrected chi connectivity index (χ1v) is 6.49. The molecule has 2 aromatic rings. The number of aryl methyl sites for hydroxylation is 1. The standard InChI is InChI=1S/C14H19N3O2/c1-3-6-15-9-12-8-13(19-17-12)10-18-14-5-4-7-16-11(14)2/h4-5,7-8,15H,3,6,9-10H2,1-2H3. The molecule has 0 atom stereocenters. The smallest absolute Gasteiger partial charge is 0.174 e. The highest BCUT2D eigenvalue weighted by Gasteiger charge is 2.06. The van der Waals surface area contributed by atoms with E-state index in [1.165, 1.54) is 0 Å². The van der Waals surface area contributed by atoms with Crippen molar-refractivity contribution in [2.24, 2.45) is 0 Å². The van der Waals surface area contributed by atoms with Gasteiger partial charge in [-0.15, -0.1) is 0 Å². The molecule has 0 aromatic carbocycles. The van der Waals surface area contributed by atoms with Crippen molar-refractivity contribution in [2.45, 2.75) is 33.4 Å². The van der Waals surface area contributed by atoms with E-state index < -0.39 is 0 Å². The second kappa shape index (κ2) is 6.89. The van der Waals surface area contributed by atoms with Crippen LogP contribution in [0.5, 0.6) is 5.75 Å². The third-order valence-electron chi connectivity index (χ3n) is 2.67. The molecule has 0 saturated carbocycles. The van der Waals surface area contributed by atoms with Crippen molar-refractivity contribution in [1.82, 2.24) is 15.5 Å². The summed E-state index contributed by atoms with van der Waals surface area (Å²) in [7, 11) is 0. The Morgan fingerprint density at radius 1 is 1.42 bits per heavy atom. The van der Waals surface area contributed by atoms with Crippen molar-refractivity contribution in [3.63, 3.8) is 0 Å². The largest absolute Gasteiger partial charge is 0.484 e. The lowest BCUT2D eigenvalue weighted by Crippen LogP contribution is -2.13. The van der Waals surface area contributed by atoms with Crippen molar-refractivity contribution >= 4 is 0 Å². The van der Waals surface area contributed by atoms with Crippen LogP contribution in [0.2, 0.25) is 0 Å². The van der Waals surface area contributed by atoms with Crippen LogP contribution in [-0.4, -0.2) is 16.7 Å². The van der Waals surface area contributed by atoms with Crippen LogP contribution in [0, 0.1) is 6.92 Å². The molecule has 0 spiro atoms. The first-order valence-electron chi connectivity index (χ1n) is 6.49. The van der Waals surface area contributed by atoms with Gasteiger partial charge in [0.25, 0.3) is 0 Å². The number of nitrogens with zero attached hydrogens (tertiary/aromatic N) is 2. The summed E-state index contributed by atoms with van der Waals surface area (Å²) < 4.78 is 10.9. The summed E-state index contributed by atoms with van der Waals surface area (Å²) in [6.07, 6.45) is 2.85. The first-order chi connectivity index (χ1) is 9.29. The maximum atomic E-state index is 5.65. The van der Waals surface area contributed by atoms with Gasteiger partial charge in [-0.25, -0.2) is 0 Å². The summed E-state index contributed by atoms with van der Waals surface area (Å²) >= 11 is 0. The van der Waals surface area contributed by atoms with E-state index in [4.69, 9.17) is 9.26 Å². The number of nitrogens with one attached hydrogen (secondary N) is 1. The molecule has 0 aliphatic carbocycles. The Morgan fingerprint density at radius 3 is 3.11 bits per heavy atom. The molecule has 5 nitrogen and oxygen atoms in total. The Labute approximate surface area is 113 Å². The van der Waals surface area contributed by atoms with Crippen LogP contribution in [0.3, 0.4) is 0 Å². The van der Waals surface area contributed by atoms with Gasteiger partial charge in [0.05, 0.1) is 11.4 Å². The highest BCUT2D eigenvalue weighted by molar-refractivity contribution is 5.25. The molecule has 19 heavy (non-hydrogen) atoms. The van der Waals surface area contributed by atoms with E-state index in [9.17, 15) is 0 Å². The molecular weight excluding hydrogens is 242 g/mol. The number of rotatable bonds is 7. The Hall–Kier alpha value is -1.88. The minimum absolute atomic E-state index is 0.368. The summed E-state index contributed by atoms with van der Waals surface area (Å²) in [5, 5.41) is 7.26. The topological polar surface area (TPSA) is 60.2 Å². The van der Waals surface area contributed by atoms with Gasteiger partial charge in [-0.3, -0.25) is 4.98 Å². The summed E-state index contributed by atoms with van der Waals surface area (Å²) in [4.78, 5) is 4.17. The Bertz CT molecular complexity index is 511. The Kier molecular flexibility index (Phi) is 4.92. The Morgan fingerprint density at radius 2 is 2.32 bits per heavy atom. The van der Waals surface area contributed by atoms with Crippen molar-refractivity contribution in [1.29, 1.82) is 0 Å². The Balaban J connectivity index is 1.85. The van der Waals surface area contributed by atoms with Crippen LogP contribution in [-0.2, 0) is 13.2 Å². The molecule has 0 unspecified atom stereocenters. The zero-order valence-electron chi connectivity index (χ0n) is 11.3. The van der Waals surface area contributed by atoms with Gasteiger partial charge in [-0.05, 0) is 32.0 Å². The van der Waals surface area contributed by atoms with Gasteiger partial charge in [0.1, 0.15) is 12.4 Å². The number of pyridine rings is 1. The normalized spacial score (nSPS) is 10.6. The maximum Gasteiger partial charge on any atom is 0.174 e. The summed E-state index contributed by atoms with van der Waals surface area (Å²) in [5.74, 6) is 1.49. The molecule has 0 saturated heterocycles. The van der Waals surface area contributed by atoms with Crippen LogP contribution < -0.4 is 10.1 Å². The molecular formula is C14H19N3O2. The molecule has 0 fully saturated rings. The molecule has 0 aliphatic heterocycles. The average molecular weight is 261 g/mol. The van der Waals surface area contributed by atoms with Gasteiger partial charge in [-0.2, -0.15) is 0 Å². The lowest BCUT2D eigenvalue weighted by Gasteiger charge is -2.05. The number of hydrogen-bond donors (Lipinski definition) is 1. The summed E-state index contributed by atoms with van der Waals surface area (Å²) in [5.41, 5.74) is 1.77. The van der Waals surface area contributed by atoms with Gasteiger partial charge < -0.3 is 14.6 Å². The average Bonchev–Trinajstić information content (AvgIpc) is 2.86. The summed E-state index contributed by atoms with van der Waals surface area (Å²) in [6.45, 7) is 6.12. The van der Waals surface area contributed by atoms with Crippen molar-refractivity contribution in [3.05, 3.63) is 41.5 Å². The molecule has 1 N–H and O–H groups in total. The number of ether oxygens (including phenoxy) is 1. The zero-order valence-corrected chi connectivity index (χ0v) is 11.3. The molecule has 0 aliphatic rings. The molecule has 0 radical (unpaired) electrons. The molecule has 5 heteroatoms.